The van der Waals surface area contributed by atoms with E-state index in [1.807, 2.05) is 48.5 Å². The van der Waals surface area contributed by atoms with E-state index in [1.165, 1.54) is 30.4 Å². The van der Waals surface area contributed by atoms with Gasteiger partial charge < -0.3 is 20.4 Å². The summed E-state index contributed by atoms with van der Waals surface area (Å²) in [6, 6.07) is 28.9. The lowest BCUT2D eigenvalue weighted by Crippen LogP contribution is -2.34. The van der Waals surface area contributed by atoms with Crippen LogP contribution in [0.3, 0.4) is 0 Å². The van der Waals surface area contributed by atoms with E-state index in [1.54, 1.807) is 0 Å². The minimum Gasteiger partial charge on any atom is -0.473 e. The van der Waals surface area contributed by atoms with Gasteiger partial charge in [-0.2, -0.15) is 0 Å². The third-order valence-corrected chi connectivity index (χ3v) is 5.92. The molecule has 0 unspecified atom stereocenters. The Hall–Kier alpha value is -4.17. The van der Waals surface area contributed by atoms with Crippen LogP contribution in [0.4, 0.5) is 11.4 Å². The highest BCUT2D eigenvalue weighted by molar-refractivity contribution is 6.27. The molecule has 1 fully saturated rings. The number of carbonyl (C=O) groups excluding carboxylic acids is 1. The summed E-state index contributed by atoms with van der Waals surface area (Å²) >= 11 is 0. The van der Waals surface area contributed by atoms with E-state index in [4.69, 9.17) is 19.8 Å². The van der Waals surface area contributed by atoms with E-state index >= 15 is 0 Å². The number of anilines is 2. The summed E-state index contributed by atoms with van der Waals surface area (Å²) in [5.74, 6) is -3.62. The van der Waals surface area contributed by atoms with Crippen LogP contribution in [-0.4, -0.2) is 52.6 Å². The van der Waals surface area contributed by atoms with Crippen LogP contribution in [0.5, 0.6) is 0 Å². The lowest BCUT2D eigenvalue weighted by atomic mass is 10.1. The Labute approximate surface area is 217 Å². The maximum absolute atomic E-state index is 13.1. The fraction of sp³-hybridized carbons (Fsp3) is 0.276. The van der Waals surface area contributed by atoms with Crippen molar-refractivity contribution in [2.75, 3.05) is 29.9 Å². The molecule has 194 valence electrons. The normalized spacial score (nSPS) is 12.8. The molecule has 8 nitrogen and oxygen atoms in total. The molecular weight excluding hydrogens is 470 g/mol. The molecule has 0 saturated carbocycles. The van der Waals surface area contributed by atoms with Crippen molar-refractivity contribution in [2.24, 2.45) is 0 Å². The van der Waals surface area contributed by atoms with Gasteiger partial charge in [0.2, 0.25) is 5.91 Å². The summed E-state index contributed by atoms with van der Waals surface area (Å²) in [6.45, 7) is 3.92. The molecule has 37 heavy (non-hydrogen) atoms. The van der Waals surface area contributed by atoms with Gasteiger partial charge in [-0.3, -0.25) is 9.69 Å². The van der Waals surface area contributed by atoms with Crippen molar-refractivity contribution in [3.8, 4) is 0 Å². The number of aliphatic carboxylic acids is 2. The van der Waals surface area contributed by atoms with Crippen LogP contribution in [0.25, 0.3) is 0 Å². The second-order valence-corrected chi connectivity index (χ2v) is 8.84. The van der Waals surface area contributed by atoms with Crippen molar-refractivity contribution >= 4 is 29.2 Å². The van der Waals surface area contributed by atoms with Gasteiger partial charge in [-0.25, -0.2) is 9.59 Å². The second-order valence-electron chi connectivity index (χ2n) is 8.84. The monoisotopic (exact) mass is 503 g/mol. The molecule has 0 aromatic heterocycles. The first-order valence-corrected chi connectivity index (χ1v) is 12.3. The van der Waals surface area contributed by atoms with E-state index in [9.17, 15) is 4.79 Å². The quantitative estimate of drug-likeness (QED) is 0.389. The smallest absolute Gasteiger partial charge is 0.414 e. The molecule has 0 radical (unpaired) electrons. The van der Waals surface area contributed by atoms with Crippen molar-refractivity contribution in [3.63, 3.8) is 0 Å². The average Bonchev–Trinajstić information content (AvgIpc) is 2.91. The Balaban J connectivity index is 0.000000568. The van der Waals surface area contributed by atoms with Gasteiger partial charge in [0.1, 0.15) is 0 Å². The standard InChI is InChI=1S/C27H31N3O.C2H2O4/c31-27(28-25-16-8-9-17-26(25)30-18-10-3-11-19-30)22-29(20-23-12-4-1-5-13-23)21-24-14-6-2-7-15-24;3-1(4)2(5)6/h1-2,4-9,12-17H,3,10-11,18-22H2,(H,28,31);(H,3,4)(H,5,6). The molecule has 0 spiro atoms. The number of hydrogen-bond donors (Lipinski definition) is 3. The highest BCUT2D eigenvalue weighted by Crippen LogP contribution is 2.28. The number of amides is 1. The van der Waals surface area contributed by atoms with Crippen molar-refractivity contribution in [1.82, 2.24) is 4.90 Å². The lowest BCUT2D eigenvalue weighted by Gasteiger charge is -2.30. The zero-order valence-corrected chi connectivity index (χ0v) is 20.8. The van der Waals surface area contributed by atoms with Crippen LogP contribution in [0.1, 0.15) is 30.4 Å². The van der Waals surface area contributed by atoms with E-state index in [-0.39, 0.29) is 5.91 Å². The number of hydrogen-bond acceptors (Lipinski definition) is 5. The summed E-state index contributed by atoms with van der Waals surface area (Å²) < 4.78 is 0. The third-order valence-electron chi connectivity index (χ3n) is 5.92. The summed E-state index contributed by atoms with van der Waals surface area (Å²) in [4.78, 5) is 35.9. The van der Waals surface area contributed by atoms with Gasteiger partial charge in [-0.1, -0.05) is 72.8 Å². The topological polar surface area (TPSA) is 110 Å². The maximum atomic E-state index is 13.1. The SMILES string of the molecule is O=C(CN(Cc1ccccc1)Cc1ccccc1)Nc1ccccc1N1CCCCC1.O=C(O)C(=O)O. The van der Waals surface area contributed by atoms with Crippen LogP contribution >= 0.6 is 0 Å². The summed E-state index contributed by atoms with van der Waals surface area (Å²) in [6.07, 6.45) is 3.72. The zero-order chi connectivity index (χ0) is 26.5. The Morgan fingerprint density at radius 3 is 1.70 bits per heavy atom. The van der Waals surface area contributed by atoms with Gasteiger partial charge in [0.05, 0.1) is 17.9 Å². The van der Waals surface area contributed by atoms with Crippen LogP contribution in [0.2, 0.25) is 0 Å². The fourth-order valence-corrected chi connectivity index (χ4v) is 4.23. The number of nitrogens with zero attached hydrogens (tertiary/aromatic N) is 2. The van der Waals surface area contributed by atoms with Crippen molar-refractivity contribution in [1.29, 1.82) is 0 Å². The molecule has 8 heteroatoms. The van der Waals surface area contributed by atoms with Crippen LogP contribution in [0.15, 0.2) is 84.9 Å². The average molecular weight is 504 g/mol. The van der Waals surface area contributed by atoms with Gasteiger partial charge >= 0.3 is 11.9 Å². The van der Waals surface area contributed by atoms with Crippen LogP contribution in [-0.2, 0) is 27.5 Å². The minimum atomic E-state index is -1.82. The lowest BCUT2D eigenvalue weighted by molar-refractivity contribution is -0.159. The highest BCUT2D eigenvalue weighted by Gasteiger charge is 2.17. The molecule has 0 bridgehead atoms. The predicted octanol–water partition coefficient (Wildman–Crippen LogP) is 4.47. The van der Waals surface area contributed by atoms with Gasteiger partial charge in [0.25, 0.3) is 0 Å². The highest BCUT2D eigenvalue weighted by atomic mass is 16.4. The molecule has 0 aliphatic carbocycles. The molecule has 4 rings (SSSR count). The molecule has 0 atom stereocenters. The van der Waals surface area contributed by atoms with Gasteiger partial charge in [-0.05, 0) is 42.5 Å². The Morgan fingerprint density at radius 1 is 0.703 bits per heavy atom. The second kappa shape index (κ2) is 14.4. The summed E-state index contributed by atoms with van der Waals surface area (Å²) in [7, 11) is 0. The van der Waals surface area contributed by atoms with Crippen LogP contribution in [0, 0.1) is 0 Å². The molecular formula is C29H33N3O5. The molecule has 1 heterocycles. The molecule has 1 aliphatic rings. The number of benzene rings is 3. The first-order chi connectivity index (χ1) is 17.9. The minimum absolute atomic E-state index is 0.0244. The van der Waals surface area contributed by atoms with E-state index < -0.39 is 11.9 Å². The Bertz CT molecular complexity index is 1090. The molecule has 3 N–H and O–H groups in total. The fourth-order valence-electron chi connectivity index (χ4n) is 4.23. The zero-order valence-electron chi connectivity index (χ0n) is 20.8. The molecule has 3 aromatic rings. The van der Waals surface area contributed by atoms with Gasteiger partial charge in [0.15, 0.2) is 0 Å². The number of para-hydroxylation sites is 2. The Morgan fingerprint density at radius 2 is 1.19 bits per heavy atom. The number of piperidine rings is 1. The number of carbonyl (C=O) groups is 3. The first kappa shape index (κ1) is 27.4. The molecule has 3 aromatic carbocycles. The van der Waals surface area contributed by atoms with E-state index in [2.05, 4.69) is 51.5 Å². The summed E-state index contributed by atoms with van der Waals surface area (Å²) in [5, 5.41) is 18.0. The number of carboxylic acids is 2. The number of carboxylic acid groups (broad SMARTS) is 2. The van der Waals surface area contributed by atoms with Crippen LogP contribution < -0.4 is 10.2 Å². The number of rotatable bonds is 8. The molecule has 1 aliphatic heterocycles. The first-order valence-electron chi connectivity index (χ1n) is 12.3. The predicted molar refractivity (Wildman–Crippen MR) is 143 cm³/mol. The van der Waals surface area contributed by atoms with Crippen molar-refractivity contribution in [2.45, 2.75) is 32.4 Å². The van der Waals surface area contributed by atoms with Gasteiger partial charge in [-0.15, -0.1) is 0 Å². The van der Waals surface area contributed by atoms with Crippen molar-refractivity contribution in [3.05, 3.63) is 96.1 Å². The maximum Gasteiger partial charge on any atom is 0.414 e. The third kappa shape index (κ3) is 9.42. The molecule has 1 amide bonds. The number of nitrogens with one attached hydrogen (secondary N) is 1. The van der Waals surface area contributed by atoms with E-state index in [0.29, 0.717) is 6.54 Å². The largest absolute Gasteiger partial charge is 0.473 e. The molecule has 1 saturated heterocycles. The summed E-state index contributed by atoms with van der Waals surface area (Å²) in [5.41, 5.74) is 4.46. The van der Waals surface area contributed by atoms with Crippen molar-refractivity contribution < 1.29 is 24.6 Å². The van der Waals surface area contributed by atoms with Gasteiger partial charge in [0, 0.05) is 26.2 Å². The van der Waals surface area contributed by atoms with E-state index in [0.717, 1.165) is 37.6 Å². The Kier molecular flexibility index (Phi) is 10.7.